The Balaban J connectivity index is 4.21. The second-order valence-corrected chi connectivity index (χ2v) is 3.03. The van der Waals surface area contributed by atoms with Gasteiger partial charge in [0.1, 0.15) is 6.10 Å². The zero-order valence-electron chi connectivity index (χ0n) is 8.49. The summed E-state index contributed by atoms with van der Waals surface area (Å²) < 4.78 is 9.30. The monoisotopic (exact) mass is 232 g/mol. The summed E-state index contributed by atoms with van der Waals surface area (Å²) in [5.74, 6) is -1.05. The normalized spacial score (nSPS) is 11.3. The van der Waals surface area contributed by atoms with Crippen LogP contribution in [0, 0.1) is 0 Å². The highest BCUT2D eigenvalue weighted by atomic mass is 35.5. The number of carbonyl (C=O) groups is 2. The van der Waals surface area contributed by atoms with Gasteiger partial charge in [0.25, 0.3) is 0 Å². The van der Waals surface area contributed by atoms with Crippen molar-refractivity contribution in [3.63, 3.8) is 0 Å². The van der Waals surface area contributed by atoms with Gasteiger partial charge in [0.05, 0.1) is 13.0 Å². The van der Waals surface area contributed by atoms with Crippen molar-refractivity contribution in [3.05, 3.63) is 24.8 Å². The van der Waals surface area contributed by atoms with Crippen LogP contribution in [0.15, 0.2) is 24.8 Å². The van der Waals surface area contributed by atoms with Crippen LogP contribution < -0.4 is 0 Å². The average molecular weight is 233 g/mol. The summed E-state index contributed by atoms with van der Waals surface area (Å²) in [7, 11) is 1.25. The number of ether oxygens (including phenoxy) is 2. The molecule has 0 aliphatic carbocycles. The fourth-order valence-corrected chi connectivity index (χ4v) is 1.01. The molecule has 4 nitrogen and oxygen atoms in total. The lowest BCUT2D eigenvalue weighted by Crippen LogP contribution is -2.21. The van der Waals surface area contributed by atoms with E-state index in [1.165, 1.54) is 7.11 Å². The molecule has 0 radical (unpaired) electrons. The highest BCUT2D eigenvalue weighted by Crippen LogP contribution is 2.10. The quantitative estimate of drug-likeness (QED) is 0.395. The average Bonchev–Trinajstić information content (AvgIpc) is 2.26. The number of hydrogen-bond donors (Lipinski definition) is 0. The van der Waals surface area contributed by atoms with E-state index in [0.29, 0.717) is 0 Å². The van der Waals surface area contributed by atoms with Gasteiger partial charge in [-0.15, -0.1) is 11.6 Å². The number of esters is 2. The van der Waals surface area contributed by atoms with Crippen molar-refractivity contribution in [2.45, 2.75) is 12.5 Å². The number of halogens is 1. The van der Waals surface area contributed by atoms with Gasteiger partial charge < -0.3 is 9.47 Å². The zero-order chi connectivity index (χ0) is 11.8. The molecule has 0 aromatic carbocycles. The van der Waals surface area contributed by atoms with E-state index in [4.69, 9.17) is 16.3 Å². The minimum Gasteiger partial charge on any atom is -0.466 e. The molecule has 0 bridgehead atoms. The number of hydrogen-bond acceptors (Lipinski definition) is 4. The van der Waals surface area contributed by atoms with E-state index < -0.39 is 18.0 Å². The Morgan fingerprint density at radius 1 is 1.53 bits per heavy atom. The molecule has 0 fully saturated rings. The third kappa shape index (κ3) is 5.22. The van der Waals surface area contributed by atoms with Crippen LogP contribution >= 0.6 is 11.6 Å². The Morgan fingerprint density at radius 2 is 2.13 bits per heavy atom. The van der Waals surface area contributed by atoms with Crippen molar-refractivity contribution >= 4 is 23.5 Å². The van der Waals surface area contributed by atoms with Gasteiger partial charge in [-0.2, -0.15) is 0 Å². The molecule has 0 N–H and O–H groups in total. The molecule has 0 aliphatic heterocycles. The topological polar surface area (TPSA) is 52.6 Å². The largest absolute Gasteiger partial charge is 0.466 e. The fraction of sp³-hybridized carbons (Fsp3) is 0.400. The van der Waals surface area contributed by atoms with Crippen LogP contribution in [0.25, 0.3) is 0 Å². The summed E-state index contributed by atoms with van der Waals surface area (Å²) in [5.41, 5.74) is 0.208. The highest BCUT2D eigenvalue weighted by molar-refractivity contribution is 6.18. The van der Waals surface area contributed by atoms with E-state index in [9.17, 15) is 9.59 Å². The van der Waals surface area contributed by atoms with Crippen molar-refractivity contribution in [2.24, 2.45) is 0 Å². The maximum atomic E-state index is 11.0. The number of rotatable bonds is 6. The molecule has 0 spiro atoms. The van der Waals surface area contributed by atoms with Crippen molar-refractivity contribution < 1.29 is 19.1 Å². The maximum absolute atomic E-state index is 11.0. The number of carbonyl (C=O) groups excluding carboxylic acids is 2. The highest BCUT2D eigenvalue weighted by Gasteiger charge is 2.17. The van der Waals surface area contributed by atoms with E-state index in [-0.39, 0.29) is 17.9 Å². The van der Waals surface area contributed by atoms with E-state index >= 15 is 0 Å². The lowest BCUT2D eigenvalue weighted by atomic mass is 10.1. The molecule has 0 saturated carbocycles. The fourth-order valence-electron chi connectivity index (χ4n) is 0.843. The van der Waals surface area contributed by atoms with E-state index in [0.717, 1.165) is 6.08 Å². The molecule has 0 aromatic heterocycles. The molecule has 84 valence electrons. The first-order valence-electron chi connectivity index (χ1n) is 4.20. The van der Waals surface area contributed by atoms with Crippen LogP contribution in [0.2, 0.25) is 0 Å². The SMILES string of the molecule is C=CC(=O)OC(CCl)CC(=C)C(=O)OC. The van der Waals surface area contributed by atoms with E-state index in [1.54, 1.807) is 0 Å². The first kappa shape index (κ1) is 13.7. The Bertz CT molecular complexity index is 273. The van der Waals surface area contributed by atoms with Crippen LogP contribution in [0.5, 0.6) is 0 Å². The lowest BCUT2D eigenvalue weighted by molar-refractivity contribution is -0.143. The Labute approximate surface area is 93.5 Å². The maximum Gasteiger partial charge on any atom is 0.333 e. The minimum atomic E-state index is -0.594. The molecule has 0 saturated heterocycles. The molecule has 1 atom stereocenters. The molecule has 0 heterocycles. The zero-order valence-corrected chi connectivity index (χ0v) is 9.25. The van der Waals surface area contributed by atoms with Crippen LogP contribution in [-0.2, 0) is 19.1 Å². The van der Waals surface area contributed by atoms with Crippen LogP contribution in [-0.4, -0.2) is 31.0 Å². The summed E-state index contributed by atoms with van der Waals surface area (Å²) in [6.07, 6.45) is 0.583. The molecular weight excluding hydrogens is 220 g/mol. The standard InChI is InChI=1S/C10H13ClO4/c1-4-9(12)15-8(6-11)5-7(2)10(13)14-3/h4,8H,1-2,5-6H2,3H3. The van der Waals surface area contributed by atoms with Gasteiger partial charge in [0.2, 0.25) is 0 Å². The second-order valence-electron chi connectivity index (χ2n) is 2.72. The molecule has 15 heavy (non-hydrogen) atoms. The van der Waals surface area contributed by atoms with Crippen LogP contribution in [0.3, 0.4) is 0 Å². The van der Waals surface area contributed by atoms with Crippen molar-refractivity contribution in [1.29, 1.82) is 0 Å². The van der Waals surface area contributed by atoms with Gasteiger partial charge in [-0.05, 0) is 0 Å². The minimum absolute atomic E-state index is 0.0790. The summed E-state index contributed by atoms with van der Waals surface area (Å²) >= 11 is 5.56. The lowest BCUT2D eigenvalue weighted by Gasteiger charge is -2.14. The van der Waals surface area contributed by atoms with Gasteiger partial charge in [0, 0.05) is 18.1 Å². The van der Waals surface area contributed by atoms with E-state index in [2.05, 4.69) is 17.9 Å². The molecule has 1 unspecified atom stereocenters. The van der Waals surface area contributed by atoms with Gasteiger partial charge in [-0.1, -0.05) is 13.2 Å². The molecular formula is C10H13ClO4. The first-order valence-corrected chi connectivity index (χ1v) is 4.73. The van der Waals surface area contributed by atoms with Crippen molar-refractivity contribution in [3.8, 4) is 0 Å². The van der Waals surface area contributed by atoms with Crippen LogP contribution in [0.4, 0.5) is 0 Å². The van der Waals surface area contributed by atoms with E-state index in [1.807, 2.05) is 0 Å². The predicted molar refractivity (Wildman–Crippen MR) is 56.6 cm³/mol. The number of alkyl halides is 1. The predicted octanol–water partition coefficient (Wildman–Crippen LogP) is 1.44. The summed E-state index contributed by atoms with van der Waals surface area (Å²) in [4.78, 5) is 21.9. The molecule has 0 amide bonds. The third-order valence-electron chi connectivity index (χ3n) is 1.57. The Morgan fingerprint density at radius 3 is 2.53 bits per heavy atom. The second kappa shape index (κ2) is 7.06. The molecule has 5 heteroatoms. The Hall–Kier alpha value is -1.29. The molecule has 0 aliphatic rings. The molecule has 0 rings (SSSR count). The summed E-state index contributed by atoms with van der Waals surface area (Å²) in [5, 5.41) is 0. The smallest absolute Gasteiger partial charge is 0.333 e. The third-order valence-corrected chi connectivity index (χ3v) is 1.91. The van der Waals surface area contributed by atoms with Crippen molar-refractivity contribution in [1.82, 2.24) is 0 Å². The van der Waals surface area contributed by atoms with Gasteiger partial charge in [0.15, 0.2) is 0 Å². The van der Waals surface area contributed by atoms with Gasteiger partial charge >= 0.3 is 11.9 Å². The van der Waals surface area contributed by atoms with Gasteiger partial charge in [-0.25, -0.2) is 9.59 Å². The first-order chi connectivity index (χ1) is 7.04. The molecule has 0 aromatic rings. The van der Waals surface area contributed by atoms with Crippen LogP contribution in [0.1, 0.15) is 6.42 Å². The Kier molecular flexibility index (Phi) is 6.45. The van der Waals surface area contributed by atoms with Gasteiger partial charge in [-0.3, -0.25) is 0 Å². The number of methoxy groups -OCH3 is 1. The summed E-state index contributed by atoms with van der Waals surface area (Å²) in [6.45, 7) is 6.74. The van der Waals surface area contributed by atoms with Crippen molar-refractivity contribution in [2.75, 3.05) is 13.0 Å². The summed E-state index contributed by atoms with van der Waals surface area (Å²) in [6, 6.07) is 0.